The quantitative estimate of drug-likeness (QED) is 0.320. The Hall–Kier alpha value is -2.45. The van der Waals surface area contributed by atoms with E-state index in [1.165, 1.54) is 6.92 Å². The summed E-state index contributed by atoms with van der Waals surface area (Å²) in [6.45, 7) is 9.13. The number of furan rings is 1. The highest BCUT2D eigenvalue weighted by Gasteiger charge is 2.79. The van der Waals surface area contributed by atoms with Crippen LogP contribution in [0.4, 0.5) is 0 Å². The number of hydrogen-bond donors (Lipinski definition) is 0. The molecule has 7 atom stereocenters. The SMILES string of the molecule is C=C(C)[C@@H]1Cc2oc(cc2C=O)[C@@H]2O[C@]2(C)C[C@H]2OC(=O)[C@@]3(O[C@H]23)[C@@H](OC(C)=O)C1. The number of epoxide rings is 2. The monoisotopic (exact) mass is 416 g/mol. The van der Waals surface area contributed by atoms with Gasteiger partial charge in [0, 0.05) is 19.8 Å². The van der Waals surface area contributed by atoms with Crippen molar-refractivity contribution in [2.24, 2.45) is 5.92 Å². The molecule has 160 valence electrons. The van der Waals surface area contributed by atoms with Crippen molar-refractivity contribution in [2.75, 3.05) is 0 Å². The summed E-state index contributed by atoms with van der Waals surface area (Å²) < 4.78 is 29.0. The number of allylic oxidation sites excluding steroid dienone is 1. The third-order valence-electron chi connectivity index (χ3n) is 6.75. The molecule has 4 bridgehead atoms. The van der Waals surface area contributed by atoms with E-state index < -0.39 is 41.5 Å². The molecule has 0 aromatic carbocycles. The minimum atomic E-state index is -1.29. The van der Waals surface area contributed by atoms with Crippen molar-refractivity contribution in [3.63, 3.8) is 0 Å². The average Bonchev–Trinajstić information content (AvgIpc) is 3.49. The van der Waals surface area contributed by atoms with Crippen molar-refractivity contribution < 1.29 is 37.7 Å². The number of esters is 2. The third-order valence-corrected chi connectivity index (χ3v) is 6.75. The second-order valence-corrected chi connectivity index (χ2v) is 9.02. The van der Waals surface area contributed by atoms with E-state index in [2.05, 4.69) is 6.58 Å². The molecule has 4 aliphatic heterocycles. The summed E-state index contributed by atoms with van der Waals surface area (Å²) in [5, 5.41) is 0. The Morgan fingerprint density at radius 1 is 1.33 bits per heavy atom. The van der Waals surface area contributed by atoms with Crippen LogP contribution in [0.25, 0.3) is 0 Å². The molecule has 0 unspecified atom stereocenters. The molecule has 8 nitrogen and oxygen atoms in total. The number of ether oxygens (including phenoxy) is 4. The zero-order chi connectivity index (χ0) is 21.4. The normalized spacial score (nSPS) is 41.2. The molecule has 0 spiro atoms. The molecule has 3 fully saturated rings. The molecule has 0 radical (unpaired) electrons. The van der Waals surface area contributed by atoms with Gasteiger partial charge in [-0.2, -0.15) is 0 Å². The molecule has 1 aromatic rings. The Morgan fingerprint density at radius 2 is 2.10 bits per heavy atom. The van der Waals surface area contributed by atoms with Crippen molar-refractivity contribution in [1.29, 1.82) is 0 Å². The summed E-state index contributed by atoms with van der Waals surface area (Å²) in [5.74, 6) is -0.0990. The van der Waals surface area contributed by atoms with Gasteiger partial charge in [-0.15, -0.1) is 0 Å². The molecule has 3 saturated heterocycles. The predicted molar refractivity (Wildman–Crippen MR) is 101 cm³/mol. The number of aldehydes is 1. The van der Waals surface area contributed by atoms with Crippen LogP contribution in [-0.4, -0.2) is 47.7 Å². The molecule has 30 heavy (non-hydrogen) atoms. The molecule has 1 aromatic heterocycles. The highest BCUT2D eigenvalue weighted by molar-refractivity contribution is 5.88. The number of carbonyl (C=O) groups excluding carboxylic acids is 3. The van der Waals surface area contributed by atoms with E-state index in [-0.39, 0.29) is 12.0 Å². The number of rotatable bonds is 3. The van der Waals surface area contributed by atoms with Gasteiger partial charge < -0.3 is 23.4 Å². The van der Waals surface area contributed by atoms with Crippen LogP contribution >= 0.6 is 0 Å². The Labute approximate surface area is 173 Å². The van der Waals surface area contributed by atoms with E-state index in [1.807, 2.05) is 13.8 Å². The van der Waals surface area contributed by atoms with Crippen molar-refractivity contribution in [2.45, 2.75) is 75.7 Å². The minimum Gasteiger partial charge on any atom is -0.462 e. The van der Waals surface area contributed by atoms with Crippen LogP contribution in [0.15, 0.2) is 22.6 Å². The zero-order valence-corrected chi connectivity index (χ0v) is 17.1. The molecule has 0 amide bonds. The van der Waals surface area contributed by atoms with Gasteiger partial charge >= 0.3 is 11.9 Å². The average molecular weight is 416 g/mol. The van der Waals surface area contributed by atoms with E-state index in [4.69, 9.17) is 23.4 Å². The van der Waals surface area contributed by atoms with Crippen LogP contribution in [0.1, 0.15) is 61.6 Å². The molecule has 5 rings (SSSR count). The Morgan fingerprint density at radius 3 is 2.73 bits per heavy atom. The van der Waals surface area contributed by atoms with Gasteiger partial charge in [-0.25, -0.2) is 4.79 Å². The van der Waals surface area contributed by atoms with Gasteiger partial charge in [-0.05, 0) is 32.3 Å². The summed E-state index contributed by atoms with van der Waals surface area (Å²) in [6, 6.07) is 1.71. The smallest absolute Gasteiger partial charge is 0.345 e. The highest BCUT2D eigenvalue weighted by atomic mass is 16.7. The standard InChI is InChI=1S/C22H24O8/c1-10(2)12-5-14-13(9-23)6-15(27-14)18-21(4,29-18)8-16-19-22(30-19,20(25)28-16)17(7-12)26-11(3)24/h6,9,12,16-19H,1,5,7-8H2,2-4H3/t12-,16-,17+,18+,19-,21-,22-/m1/s1. The number of hydrogen-bond acceptors (Lipinski definition) is 8. The summed E-state index contributed by atoms with van der Waals surface area (Å²) in [6.07, 6.45) is -0.277. The van der Waals surface area contributed by atoms with Crippen molar-refractivity contribution in [3.05, 3.63) is 35.3 Å². The van der Waals surface area contributed by atoms with Gasteiger partial charge in [0.25, 0.3) is 0 Å². The maximum atomic E-state index is 12.8. The van der Waals surface area contributed by atoms with Crippen molar-refractivity contribution in [3.8, 4) is 0 Å². The van der Waals surface area contributed by atoms with Gasteiger partial charge in [0.15, 0.2) is 6.29 Å². The van der Waals surface area contributed by atoms with Crippen LogP contribution in [0.2, 0.25) is 0 Å². The summed E-state index contributed by atoms with van der Waals surface area (Å²) in [7, 11) is 0. The van der Waals surface area contributed by atoms with Crippen LogP contribution in [0.3, 0.4) is 0 Å². The zero-order valence-electron chi connectivity index (χ0n) is 17.1. The van der Waals surface area contributed by atoms with Crippen molar-refractivity contribution >= 4 is 18.2 Å². The van der Waals surface area contributed by atoms with Crippen molar-refractivity contribution in [1.82, 2.24) is 0 Å². The van der Waals surface area contributed by atoms with E-state index in [9.17, 15) is 14.4 Å². The van der Waals surface area contributed by atoms with E-state index >= 15 is 0 Å². The first-order valence-corrected chi connectivity index (χ1v) is 10.1. The Balaban J connectivity index is 1.57. The lowest BCUT2D eigenvalue weighted by molar-refractivity contribution is -0.165. The van der Waals surface area contributed by atoms with Gasteiger partial charge in [-0.1, -0.05) is 12.2 Å². The lowest BCUT2D eigenvalue weighted by atomic mass is 9.83. The largest absolute Gasteiger partial charge is 0.462 e. The van der Waals surface area contributed by atoms with E-state index in [0.29, 0.717) is 36.3 Å². The van der Waals surface area contributed by atoms with Gasteiger partial charge in [0.2, 0.25) is 5.60 Å². The molecular formula is C22H24O8. The summed E-state index contributed by atoms with van der Waals surface area (Å²) in [4.78, 5) is 36.3. The molecule has 4 aliphatic rings. The number of fused-ring (bicyclic) bond motifs is 4. The Bertz CT molecular complexity index is 962. The third kappa shape index (κ3) is 2.77. The molecule has 5 heterocycles. The van der Waals surface area contributed by atoms with Gasteiger partial charge in [0.1, 0.15) is 41.5 Å². The van der Waals surface area contributed by atoms with E-state index in [1.54, 1.807) is 6.07 Å². The molecule has 0 N–H and O–H groups in total. The fraction of sp³-hybridized carbons (Fsp3) is 0.591. The van der Waals surface area contributed by atoms with E-state index in [0.717, 1.165) is 11.9 Å². The first-order valence-electron chi connectivity index (χ1n) is 10.1. The van der Waals surface area contributed by atoms with Crippen LogP contribution in [0.5, 0.6) is 0 Å². The highest BCUT2D eigenvalue weighted by Crippen LogP contribution is 2.59. The minimum absolute atomic E-state index is 0.203. The molecule has 8 heteroatoms. The Kier molecular flexibility index (Phi) is 4.08. The van der Waals surface area contributed by atoms with Gasteiger partial charge in [-0.3, -0.25) is 9.59 Å². The van der Waals surface area contributed by atoms with Gasteiger partial charge in [0.05, 0.1) is 5.56 Å². The molecular weight excluding hydrogens is 392 g/mol. The number of carbonyl (C=O) groups is 3. The topological polar surface area (TPSA) is 108 Å². The summed E-state index contributed by atoms with van der Waals surface area (Å²) in [5.41, 5.74) is -0.606. The molecule has 0 aliphatic carbocycles. The maximum absolute atomic E-state index is 12.8. The predicted octanol–water partition coefficient (Wildman–Crippen LogP) is 2.45. The van der Waals surface area contributed by atoms with Crippen LogP contribution < -0.4 is 0 Å². The second kappa shape index (κ2) is 6.28. The van der Waals surface area contributed by atoms with Crippen LogP contribution in [0, 0.1) is 5.92 Å². The maximum Gasteiger partial charge on any atom is 0.345 e. The summed E-state index contributed by atoms with van der Waals surface area (Å²) >= 11 is 0. The first-order chi connectivity index (χ1) is 14.2. The fourth-order valence-corrected chi connectivity index (χ4v) is 4.98. The van der Waals surface area contributed by atoms with Crippen LogP contribution in [-0.2, 0) is 35.0 Å². The second-order valence-electron chi connectivity index (χ2n) is 9.02. The lowest BCUT2D eigenvalue weighted by Crippen LogP contribution is -2.42. The fourth-order valence-electron chi connectivity index (χ4n) is 4.98. The lowest BCUT2D eigenvalue weighted by Gasteiger charge is -2.26. The first kappa shape index (κ1) is 19.5. The molecule has 0 saturated carbocycles.